The topological polar surface area (TPSA) is 96.5 Å². The number of rotatable bonds is 5. The maximum atomic E-state index is 11.0. The first-order valence-corrected chi connectivity index (χ1v) is 7.40. The van der Waals surface area contributed by atoms with Crippen molar-refractivity contribution in [1.29, 1.82) is 0 Å². The van der Waals surface area contributed by atoms with E-state index in [1.54, 1.807) is 0 Å². The first-order chi connectivity index (χ1) is 8.72. The number of carbonyl (C=O) groups excluding carboxylic acids is 1. The molecule has 1 aliphatic rings. The molecule has 1 aliphatic heterocycles. The van der Waals surface area contributed by atoms with Gasteiger partial charge in [-0.05, 0) is 12.5 Å². The van der Waals surface area contributed by atoms with E-state index in [-0.39, 0.29) is 5.91 Å². The number of amides is 1. The number of halogens is 1. The number of hydrogen-bond donors (Lipinski definition) is 2. The minimum absolute atomic E-state index is 0.159. The summed E-state index contributed by atoms with van der Waals surface area (Å²) in [5, 5.41) is 4.57. The number of nitrogens with zero attached hydrogens (tertiary/aromatic N) is 4. The van der Waals surface area contributed by atoms with Gasteiger partial charge in [-0.15, -0.1) is 3.25 Å². The van der Waals surface area contributed by atoms with Crippen LogP contribution in [0.2, 0.25) is 0 Å². The Morgan fingerprint density at radius 2 is 2.44 bits per heavy atom. The quantitative estimate of drug-likeness (QED) is 0.460. The first-order valence-electron chi connectivity index (χ1n) is 5.35. The lowest BCUT2D eigenvalue weighted by Crippen LogP contribution is -2.26. The molecule has 8 heteroatoms. The number of hydrogen-bond acceptors (Lipinski definition) is 6. The monoisotopic (exact) mass is 360 g/mol. The lowest BCUT2D eigenvalue weighted by atomic mass is 10.4. The molecule has 0 aromatic carbocycles. The largest absolute Gasteiger partial charge is 0.383 e. The van der Waals surface area contributed by atoms with Crippen LogP contribution < -0.4 is 16.1 Å². The number of nitrogen functional groups attached to an aromatic ring is 1. The van der Waals surface area contributed by atoms with Gasteiger partial charge in [0.2, 0.25) is 5.91 Å². The second-order valence-electron chi connectivity index (χ2n) is 3.53. The number of carbonyl (C=O) groups is 1. The fraction of sp³-hybridized carbons (Fsp3) is 0.300. The number of aromatic nitrogens is 2. The summed E-state index contributed by atoms with van der Waals surface area (Å²) < 4.78 is 5.41. The fourth-order valence-electron chi connectivity index (χ4n) is 1.41. The van der Waals surface area contributed by atoms with Crippen molar-refractivity contribution < 1.29 is 4.79 Å². The van der Waals surface area contributed by atoms with Gasteiger partial charge in [-0.25, -0.2) is 15.0 Å². The number of fused-ring (bicyclic) bond motifs is 1. The van der Waals surface area contributed by atoms with Crippen molar-refractivity contribution in [2.24, 2.45) is 3.25 Å². The zero-order valence-corrected chi connectivity index (χ0v) is 11.8. The lowest BCUT2D eigenvalue weighted by Gasteiger charge is -2.13. The van der Waals surface area contributed by atoms with E-state index in [0.717, 1.165) is 15.8 Å². The van der Waals surface area contributed by atoms with Crippen LogP contribution >= 0.6 is 21.0 Å². The predicted octanol–water partition coefficient (Wildman–Crippen LogP) is 0.810. The van der Waals surface area contributed by atoms with E-state index in [1.807, 2.05) is 5.01 Å². The van der Waals surface area contributed by atoms with Crippen LogP contribution in [0, 0.1) is 3.57 Å². The van der Waals surface area contributed by atoms with Gasteiger partial charge in [-0.1, -0.05) is 6.58 Å². The molecule has 0 aliphatic carbocycles. The fourth-order valence-corrected chi connectivity index (χ4v) is 3.33. The molecule has 0 saturated carbocycles. The van der Waals surface area contributed by atoms with Crippen LogP contribution in [0.1, 0.15) is 6.42 Å². The van der Waals surface area contributed by atoms with Crippen LogP contribution in [0.25, 0.3) is 0 Å². The summed E-state index contributed by atoms with van der Waals surface area (Å²) in [7, 11) is 0. The van der Waals surface area contributed by atoms with E-state index < -0.39 is 21.0 Å². The molecule has 1 aromatic rings. The molecule has 1 aromatic heterocycles. The third-order valence-electron chi connectivity index (χ3n) is 2.29. The molecular formula is C10H13IN6O. The summed E-state index contributed by atoms with van der Waals surface area (Å²) in [6.07, 6.45) is 3.50. The highest BCUT2D eigenvalue weighted by molar-refractivity contribution is 14.2. The molecule has 0 atom stereocenters. The minimum Gasteiger partial charge on any atom is -0.383 e. The molecule has 7 nitrogen and oxygen atoms in total. The normalized spacial score (nSPS) is 12.8. The third-order valence-corrected chi connectivity index (χ3v) is 4.54. The smallest absolute Gasteiger partial charge is 0.243 e. The summed E-state index contributed by atoms with van der Waals surface area (Å²) in [5.41, 5.74) is 5.77. The summed E-state index contributed by atoms with van der Waals surface area (Å²) in [4.78, 5) is 19.1. The molecule has 0 bridgehead atoms. The average Bonchev–Trinajstić information content (AvgIpc) is 2.79. The molecule has 3 N–H and O–H groups in total. The Morgan fingerprint density at radius 3 is 3.22 bits per heavy atom. The van der Waals surface area contributed by atoms with Gasteiger partial charge in [0.25, 0.3) is 0 Å². The van der Waals surface area contributed by atoms with E-state index in [1.165, 1.54) is 12.4 Å². The highest BCUT2D eigenvalue weighted by Crippen LogP contribution is 2.35. The van der Waals surface area contributed by atoms with Crippen molar-refractivity contribution >= 4 is 38.6 Å². The van der Waals surface area contributed by atoms with Crippen molar-refractivity contribution in [3.05, 3.63) is 22.6 Å². The van der Waals surface area contributed by atoms with Gasteiger partial charge in [-0.3, -0.25) is 4.79 Å². The predicted molar refractivity (Wildman–Crippen MR) is 76.8 cm³/mol. The Hall–Kier alpha value is -1.58. The second-order valence-corrected chi connectivity index (χ2v) is 5.52. The third kappa shape index (κ3) is 2.81. The van der Waals surface area contributed by atoms with Gasteiger partial charge >= 0.3 is 0 Å². The van der Waals surface area contributed by atoms with Crippen LogP contribution in [0.3, 0.4) is 0 Å². The van der Waals surface area contributed by atoms with Crippen molar-refractivity contribution in [2.75, 3.05) is 23.8 Å². The molecule has 0 unspecified atom stereocenters. The standard InChI is InChI=1S/C10H13IN6O/c1-2-7(18)13-4-3-5-17-10-8(11-16-17)9(12)14-6-15-10/h2,6H,1,3-5H2,(H,13,18)(H2,12,14,15). The number of nitrogens with two attached hydrogens (primary N) is 1. The molecular weight excluding hydrogens is 347 g/mol. The van der Waals surface area contributed by atoms with Crippen LogP contribution in [-0.2, 0) is 4.79 Å². The van der Waals surface area contributed by atoms with E-state index in [0.29, 0.717) is 18.9 Å². The Balaban J connectivity index is 1.87. The Morgan fingerprint density at radius 1 is 1.61 bits per heavy atom. The van der Waals surface area contributed by atoms with Crippen molar-refractivity contribution in [2.45, 2.75) is 6.42 Å². The maximum Gasteiger partial charge on any atom is 0.243 e. The molecule has 0 radical (unpaired) electrons. The van der Waals surface area contributed by atoms with E-state index >= 15 is 0 Å². The Bertz CT molecular complexity index is 503. The molecule has 1 amide bonds. The highest BCUT2D eigenvalue weighted by Gasteiger charge is 2.20. The lowest BCUT2D eigenvalue weighted by molar-refractivity contribution is -0.116. The Kier molecular flexibility index (Phi) is 4.18. The molecule has 2 rings (SSSR count). The molecule has 0 saturated heterocycles. The van der Waals surface area contributed by atoms with Gasteiger partial charge in [0, 0.05) is 13.1 Å². The Labute approximate surface area is 115 Å². The van der Waals surface area contributed by atoms with Gasteiger partial charge < -0.3 is 11.1 Å². The van der Waals surface area contributed by atoms with Crippen LogP contribution in [0.15, 0.2) is 22.2 Å². The van der Waals surface area contributed by atoms with Crippen molar-refractivity contribution in [1.82, 2.24) is 15.3 Å². The van der Waals surface area contributed by atoms with Crippen LogP contribution in [-0.4, -0.2) is 29.0 Å². The minimum atomic E-state index is -0.480. The molecule has 18 heavy (non-hydrogen) atoms. The second kappa shape index (κ2) is 5.85. The SMILES string of the molecule is C=CC(=O)NCCCN1N=Ic2c(N)ncnc21. The van der Waals surface area contributed by atoms with Gasteiger partial charge in [0.1, 0.15) is 15.7 Å². The summed E-state index contributed by atoms with van der Waals surface area (Å²) >= 11 is -0.480. The molecule has 0 spiro atoms. The number of nitrogens with one attached hydrogen (secondary N) is 1. The maximum absolute atomic E-state index is 11.0. The zero-order chi connectivity index (χ0) is 13.0. The van der Waals surface area contributed by atoms with Gasteiger partial charge in [0.15, 0.2) is 5.82 Å². The van der Waals surface area contributed by atoms with E-state index in [4.69, 9.17) is 5.73 Å². The van der Waals surface area contributed by atoms with E-state index in [2.05, 4.69) is 25.1 Å². The zero-order valence-electron chi connectivity index (χ0n) is 9.64. The van der Waals surface area contributed by atoms with Crippen LogP contribution in [0.5, 0.6) is 0 Å². The summed E-state index contributed by atoms with van der Waals surface area (Å²) in [6, 6.07) is 0. The van der Waals surface area contributed by atoms with Crippen LogP contribution in [0.4, 0.5) is 11.6 Å². The average molecular weight is 360 g/mol. The highest BCUT2D eigenvalue weighted by atomic mass is 127. The van der Waals surface area contributed by atoms with E-state index in [9.17, 15) is 4.79 Å². The summed E-state index contributed by atoms with van der Waals surface area (Å²) in [6.45, 7) is 4.69. The van der Waals surface area contributed by atoms with Crippen molar-refractivity contribution in [3.63, 3.8) is 0 Å². The van der Waals surface area contributed by atoms with Crippen molar-refractivity contribution in [3.8, 4) is 0 Å². The first kappa shape index (κ1) is 12.9. The summed E-state index contributed by atoms with van der Waals surface area (Å²) in [5.74, 6) is 1.18. The van der Waals surface area contributed by atoms with Gasteiger partial charge in [-0.2, -0.15) is 0 Å². The molecule has 96 valence electrons. The van der Waals surface area contributed by atoms with Gasteiger partial charge in [0.05, 0.1) is 21.0 Å². The number of anilines is 2. The molecule has 0 fully saturated rings. The molecule has 2 heterocycles.